The van der Waals surface area contributed by atoms with Crippen LogP contribution in [0.2, 0.25) is 0 Å². The van der Waals surface area contributed by atoms with E-state index in [1.165, 1.54) is 28.6 Å². The molecule has 1 N–H and O–H groups in total. The molecule has 0 radical (unpaired) electrons. The SMILES string of the molecule is CC(C)c1ccc(OCc2n[nH]c(=S)n2/N=C\c2ccc([N+](=O)[O-])o2)cc1. The first-order chi connectivity index (χ1) is 12.9. The molecule has 0 aliphatic rings. The minimum atomic E-state index is -0.620. The molecule has 1 aromatic carbocycles. The van der Waals surface area contributed by atoms with Crippen molar-refractivity contribution in [2.45, 2.75) is 26.4 Å². The first kappa shape index (κ1) is 18.5. The first-order valence-corrected chi connectivity index (χ1v) is 8.52. The number of nitrogens with zero attached hydrogens (tertiary/aromatic N) is 4. The molecule has 0 spiro atoms. The molecule has 140 valence electrons. The van der Waals surface area contributed by atoms with Gasteiger partial charge >= 0.3 is 5.88 Å². The highest BCUT2D eigenvalue weighted by Gasteiger charge is 2.11. The molecule has 0 aliphatic carbocycles. The Balaban J connectivity index is 1.71. The summed E-state index contributed by atoms with van der Waals surface area (Å²) < 4.78 is 12.4. The third kappa shape index (κ3) is 4.47. The third-order valence-electron chi connectivity index (χ3n) is 3.73. The summed E-state index contributed by atoms with van der Waals surface area (Å²) in [6.07, 6.45) is 1.32. The van der Waals surface area contributed by atoms with Crippen LogP contribution in [0.4, 0.5) is 5.88 Å². The molecule has 0 aliphatic heterocycles. The molecule has 0 saturated carbocycles. The van der Waals surface area contributed by atoms with E-state index >= 15 is 0 Å². The number of furan rings is 1. The largest absolute Gasteiger partial charge is 0.486 e. The number of benzene rings is 1. The summed E-state index contributed by atoms with van der Waals surface area (Å²) in [5, 5.41) is 21.5. The molecular weight excluding hydrogens is 370 g/mol. The number of nitrogens with one attached hydrogen (secondary N) is 1. The maximum atomic E-state index is 10.6. The quantitative estimate of drug-likeness (QED) is 0.284. The van der Waals surface area contributed by atoms with Crippen LogP contribution in [0, 0.1) is 14.9 Å². The molecule has 0 atom stereocenters. The number of aromatic amines is 1. The Morgan fingerprint density at radius 3 is 2.74 bits per heavy atom. The van der Waals surface area contributed by atoms with Crippen molar-refractivity contribution in [1.29, 1.82) is 0 Å². The van der Waals surface area contributed by atoms with Crippen LogP contribution in [-0.4, -0.2) is 26.0 Å². The number of aromatic nitrogens is 3. The molecule has 2 heterocycles. The highest BCUT2D eigenvalue weighted by atomic mass is 32.1. The van der Waals surface area contributed by atoms with Crippen molar-refractivity contribution < 1.29 is 14.1 Å². The van der Waals surface area contributed by atoms with Gasteiger partial charge in [0, 0.05) is 0 Å². The zero-order chi connectivity index (χ0) is 19.4. The summed E-state index contributed by atoms with van der Waals surface area (Å²) >= 11 is 5.15. The van der Waals surface area contributed by atoms with Crippen LogP contribution in [0.1, 0.15) is 36.9 Å². The summed E-state index contributed by atoms with van der Waals surface area (Å²) in [6, 6.07) is 10.5. The Kier molecular flexibility index (Phi) is 5.46. The van der Waals surface area contributed by atoms with Gasteiger partial charge in [0.05, 0.1) is 12.3 Å². The number of nitro groups is 1. The zero-order valence-corrected chi connectivity index (χ0v) is 15.5. The number of hydrogen-bond acceptors (Lipinski definition) is 7. The number of rotatable bonds is 7. The van der Waals surface area contributed by atoms with Gasteiger partial charge in [-0.3, -0.25) is 10.1 Å². The average Bonchev–Trinajstić information content (AvgIpc) is 3.25. The fourth-order valence-electron chi connectivity index (χ4n) is 2.26. The Morgan fingerprint density at radius 1 is 1.37 bits per heavy atom. The molecule has 3 rings (SSSR count). The fourth-order valence-corrected chi connectivity index (χ4v) is 2.46. The predicted octanol–water partition coefficient (Wildman–Crippen LogP) is 4.03. The van der Waals surface area contributed by atoms with Crippen LogP contribution in [0.3, 0.4) is 0 Å². The lowest BCUT2D eigenvalue weighted by Crippen LogP contribution is -2.04. The third-order valence-corrected chi connectivity index (χ3v) is 3.99. The van der Waals surface area contributed by atoms with Gasteiger partial charge in [0.25, 0.3) is 0 Å². The van der Waals surface area contributed by atoms with Crippen molar-refractivity contribution in [3.05, 3.63) is 68.4 Å². The summed E-state index contributed by atoms with van der Waals surface area (Å²) in [4.78, 5) is 10.0. The summed E-state index contributed by atoms with van der Waals surface area (Å²) in [5.74, 6) is 1.46. The van der Waals surface area contributed by atoms with Gasteiger partial charge in [0.1, 0.15) is 17.3 Å². The van der Waals surface area contributed by atoms with Gasteiger partial charge in [0.2, 0.25) is 4.77 Å². The van der Waals surface area contributed by atoms with Crippen molar-refractivity contribution in [2.75, 3.05) is 0 Å². The summed E-state index contributed by atoms with van der Waals surface area (Å²) in [7, 11) is 0. The van der Waals surface area contributed by atoms with E-state index in [-0.39, 0.29) is 23.0 Å². The predicted molar refractivity (Wildman–Crippen MR) is 101 cm³/mol. The molecule has 0 amide bonds. The fraction of sp³-hybridized carbons (Fsp3) is 0.235. The molecule has 0 saturated heterocycles. The molecule has 2 aromatic heterocycles. The van der Waals surface area contributed by atoms with E-state index in [0.29, 0.717) is 17.5 Å². The molecule has 0 fully saturated rings. The maximum Gasteiger partial charge on any atom is 0.433 e. The first-order valence-electron chi connectivity index (χ1n) is 8.11. The summed E-state index contributed by atoms with van der Waals surface area (Å²) in [6.45, 7) is 4.39. The lowest BCUT2D eigenvalue weighted by atomic mass is 10.0. The normalized spacial score (nSPS) is 11.4. The highest BCUT2D eigenvalue weighted by molar-refractivity contribution is 7.71. The number of H-pyrrole nitrogens is 1. The second-order valence-corrected chi connectivity index (χ2v) is 6.33. The second-order valence-electron chi connectivity index (χ2n) is 5.95. The molecular formula is C17H17N5O4S. The molecule has 10 heteroatoms. The van der Waals surface area contributed by atoms with E-state index in [2.05, 4.69) is 29.1 Å². The lowest BCUT2D eigenvalue weighted by molar-refractivity contribution is -0.402. The van der Waals surface area contributed by atoms with Crippen LogP contribution >= 0.6 is 12.2 Å². The van der Waals surface area contributed by atoms with Crippen LogP contribution in [-0.2, 0) is 6.61 Å². The lowest BCUT2D eigenvalue weighted by Gasteiger charge is -2.08. The van der Waals surface area contributed by atoms with E-state index < -0.39 is 4.92 Å². The number of ether oxygens (including phenoxy) is 1. The van der Waals surface area contributed by atoms with Gasteiger partial charge in [-0.15, -0.1) is 0 Å². The van der Waals surface area contributed by atoms with Gasteiger partial charge < -0.3 is 9.15 Å². The topological polar surface area (TPSA) is 111 Å². The molecule has 3 aromatic rings. The monoisotopic (exact) mass is 387 g/mol. The van der Waals surface area contributed by atoms with E-state index in [4.69, 9.17) is 21.4 Å². The van der Waals surface area contributed by atoms with Crippen LogP contribution in [0.25, 0.3) is 0 Å². The smallest absolute Gasteiger partial charge is 0.433 e. The van der Waals surface area contributed by atoms with Crippen LogP contribution in [0.5, 0.6) is 5.75 Å². The van der Waals surface area contributed by atoms with E-state index in [1.807, 2.05) is 24.3 Å². The zero-order valence-electron chi connectivity index (χ0n) is 14.7. The minimum absolute atomic E-state index is 0.143. The van der Waals surface area contributed by atoms with Crippen molar-refractivity contribution in [3.63, 3.8) is 0 Å². The van der Waals surface area contributed by atoms with E-state index in [9.17, 15) is 10.1 Å². The Hall–Kier alpha value is -3.27. The number of hydrogen-bond donors (Lipinski definition) is 1. The van der Waals surface area contributed by atoms with Gasteiger partial charge in [-0.1, -0.05) is 26.0 Å². The maximum absolute atomic E-state index is 10.6. The summed E-state index contributed by atoms with van der Waals surface area (Å²) in [5.41, 5.74) is 1.22. The Bertz CT molecular complexity index is 1020. The van der Waals surface area contributed by atoms with Gasteiger partial charge in [-0.25, -0.2) is 5.10 Å². The van der Waals surface area contributed by atoms with Gasteiger partial charge in [-0.05, 0) is 41.9 Å². The van der Waals surface area contributed by atoms with Gasteiger partial charge in [0.15, 0.2) is 11.6 Å². The van der Waals surface area contributed by atoms with Crippen LogP contribution in [0.15, 0.2) is 45.9 Å². The van der Waals surface area contributed by atoms with Crippen molar-refractivity contribution in [3.8, 4) is 5.75 Å². The Labute approximate surface area is 159 Å². The van der Waals surface area contributed by atoms with Crippen molar-refractivity contribution in [1.82, 2.24) is 14.9 Å². The average molecular weight is 387 g/mol. The van der Waals surface area contributed by atoms with Crippen molar-refractivity contribution in [2.24, 2.45) is 5.10 Å². The Morgan fingerprint density at radius 2 is 2.11 bits per heavy atom. The minimum Gasteiger partial charge on any atom is -0.486 e. The van der Waals surface area contributed by atoms with Crippen LogP contribution < -0.4 is 4.74 Å². The van der Waals surface area contributed by atoms with E-state index in [0.717, 1.165) is 0 Å². The second kappa shape index (κ2) is 7.96. The van der Waals surface area contributed by atoms with Gasteiger partial charge in [-0.2, -0.15) is 14.9 Å². The molecule has 9 nitrogen and oxygen atoms in total. The molecule has 0 bridgehead atoms. The molecule has 27 heavy (non-hydrogen) atoms. The highest BCUT2D eigenvalue weighted by Crippen LogP contribution is 2.19. The standard InChI is InChI=1S/C17H17N5O4S/c1-11(2)12-3-5-13(6-4-12)25-10-15-19-20-17(27)21(15)18-9-14-7-8-16(26-14)22(23)24/h3-9,11H,10H2,1-2H3,(H,20,27)/b18-9-. The van der Waals surface area contributed by atoms with E-state index in [1.54, 1.807) is 0 Å². The molecule has 0 unspecified atom stereocenters. The van der Waals surface area contributed by atoms with Crippen molar-refractivity contribution >= 4 is 24.3 Å².